The second-order valence-electron chi connectivity index (χ2n) is 13.0. The van der Waals surface area contributed by atoms with Gasteiger partial charge in [0.15, 0.2) is 0 Å². The molecule has 3 heterocycles. The summed E-state index contributed by atoms with van der Waals surface area (Å²) in [4.78, 5) is 0. The summed E-state index contributed by atoms with van der Waals surface area (Å²) in [6, 6.07) is 63.1. The zero-order valence-electron chi connectivity index (χ0n) is 26.8. The Labute approximate surface area is 284 Å². The second kappa shape index (κ2) is 11.3. The van der Waals surface area contributed by atoms with E-state index in [1.54, 1.807) is 0 Å². The van der Waals surface area contributed by atoms with Crippen LogP contribution in [0.5, 0.6) is 0 Å². The van der Waals surface area contributed by atoms with Crippen LogP contribution in [-0.2, 0) is 0 Å². The molecule has 10 rings (SSSR count). The maximum atomic E-state index is 6.90. The van der Waals surface area contributed by atoms with E-state index < -0.39 is 0 Å². The highest BCUT2D eigenvalue weighted by molar-refractivity contribution is 6.11. The Kier molecular flexibility index (Phi) is 6.42. The molecule has 4 nitrogen and oxygen atoms in total. The molecule has 1 aliphatic rings. The predicted molar refractivity (Wildman–Crippen MR) is 201 cm³/mol. The number of para-hydroxylation sites is 4. The number of nitrogens with zero attached hydrogens (tertiary/aromatic N) is 2. The predicted octanol–water partition coefficient (Wildman–Crippen LogP) is 11.3. The molecule has 234 valence electrons. The Hall–Kier alpha value is -6.10. The fourth-order valence-corrected chi connectivity index (χ4v) is 8.19. The summed E-state index contributed by atoms with van der Waals surface area (Å²) in [5, 5.41) is 7.12. The van der Waals surface area contributed by atoms with Gasteiger partial charge < -0.3 is 8.98 Å². The third-order valence-electron chi connectivity index (χ3n) is 10.3. The Balaban J connectivity index is 1.31. The van der Waals surface area contributed by atoms with E-state index in [9.17, 15) is 0 Å². The summed E-state index contributed by atoms with van der Waals surface area (Å²) >= 11 is 0. The number of benzene rings is 7. The SMILES string of the molecule is c1ccc(C2NN(c3ccccc3)C(c3ccccc3)C2c2cc(-n3c4ccccc4c4ccccc43)cc3c2oc2ccccc23)cc1. The van der Waals surface area contributed by atoms with Gasteiger partial charge >= 0.3 is 0 Å². The van der Waals surface area contributed by atoms with E-state index in [4.69, 9.17) is 4.42 Å². The monoisotopic (exact) mass is 631 g/mol. The molecule has 3 unspecified atom stereocenters. The average molecular weight is 632 g/mol. The molecule has 7 aromatic carbocycles. The molecule has 49 heavy (non-hydrogen) atoms. The lowest BCUT2D eigenvalue weighted by Gasteiger charge is -2.30. The van der Waals surface area contributed by atoms with E-state index in [2.05, 4.69) is 191 Å². The van der Waals surface area contributed by atoms with Gasteiger partial charge in [-0.1, -0.05) is 133 Å². The number of anilines is 1. The molecular weight excluding hydrogens is 599 g/mol. The van der Waals surface area contributed by atoms with Crippen molar-refractivity contribution in [3.63, 3.8) is 0 Å². The highest BCUT2D eigenvalue weighted by Crippen LogP contribution is 2.53. The van der Waals surface area contributed by atoms with E-state index in [0.29, 0.717) is 0 Å². The highest BCUT2D eigenvalue weighted by atomic mass is 16.3. The minimum atomic E-state index is -0.0311. The summed E-state index contributed by atoms with van der Waals surface area (Å²) in [7, 11) is 0. The van der Waals surface area contributed by atoms with Crippen LogP contribution in [0.3, 0.4) is 0 Å². The van der Waals surface area contributed by atoms with Gasteiger partial charge in [-0.3, -0.25) is 5.01 Å². The zero-order chi connectivity index (χ0) is 32.3. The minimum absolute atomic E-state index is 0.0129. The van der Waals surface area contributed by atoms with Crippen molar-refractivity contribution in [2.45, 2.75) is 18.0 Å². The van der Waals surface area contributed by atoms with Crippen LogP contribution in [0.2, 0.25) is 0 Å². The first-order valence-corrected chi connectivity index (χ1v) is 17.0. The molecule has 0 amide bonds. The molecule has 2 aromatic heterocycles. The summed E-state index contributed by atoms with van der Waals surface area (Å²) in [5.74, 6) is -0.0129. The van der Waals surface area contributed by atoms with Crippen molar-refractivity contribution in [1.82, 2.24) is 9.99 Å². The largest absolute Gasteiger partial charge is 0.456 e. The van der Waals surface area contributed by atoms with Gasteiger partial charge in [0.2, 0.25) is 0 Å². The number of hydrogen-bond acceptors (Lipinski definition) is 3. The Morgan fingerprint density at radius 2 is 1.02 bits per heavy atom. The lowest BCUT2D eigenvalue weighted by molar-refractivity contribution is 0.545. The van der Waals surface area contributed by atoms with E-state index in [0.717, 1.165) is 33.3 Å². The van der Waals surface area contributed by atoms with E-state index in [-0.39, 0.29) is 18.0 Å². The van der Waals surface area contributed by atoms with Gasteiger partial charge in [-0.15, -0.1) is 0 Å². The number of furan rings is 1. The summed E-state index contributed by atoms with van der Waals surface area (Å²) < 4.78 is 9.33. The third kappa shape index (κ3) is 4.42. The summed E-state index contributed by atoms with van der Waals surface area (Å²) in [6.07, 6.45) is 0. The van der Waals surface area contributed by atoms with Gasteiger partial charge in [0.1, 0.15) is 11.2 Å². The molecule has 1 saturated heterocycles. The van der Waals surface area contributed by atoms with Gasteiger partial charge in [-0.25, -0.2) is 5.43 Å². The molecule has 0 spiro atoms. The van der Waals surface area contributed by atoms with Crippen molar-refractivity contribution in [2.24, 2.45) is 0 Å². The fraction of sp³-hybridized carbons (Fsp3) is 0.0667. The van der Waals surface area contributed by atoms with Crippen molar-refractivity contribution in [2.75, 3.05) is 5.01 Å². The number of rotatable bonds is 5. The van der Waals surface area contributed by atoms with E-state index >= 15 is 0 Å². The first-order chi connectivity index (χ1) is 24.3. The standard InChI is InChI=1S/C45H33N3O/c1-4-16-30(17-5-1)43-42(44(31-18-6-2-7-19-31)48(46-43)32-20-8-3-9-21-32)38-29-33(28-37-36-24-12-15-27-41(36)49-45(37)38)47-39-25-13-10-22-34(39)35-23-11-14-26-40(35)47/h1-29,42-44,46H. The molecule has 4 heteroatoms. The van der Waals surface area contributed by atoms with Crippen LogP contribution in [0.15, 0.2) is 180 Å². The Morgan fingerprint density at radius 1 is 0.469 bits per heavy atom. The molecule has 1 fully saturated rings. The molecule has 0 bridgehead atoms. The lowest BCUT2D eigenvalue weighted by Crippen LogP contribution is -2.33. The number of hydrogen-bond donors (Lipinski definition) is 1. The smallest absolute Gasteiger partial charge is 0.139 e. The van der Waals surface area contributed by atoms with Crippen LogP contribution >= 0.6 is 0 Å². The lowest BCUT2D eigenvalue weighted by atomic mass is 9.80. The number of aromatic nitrogens is 1. The van der Waals surface area contributed by atoms with Crippen molar-refractivity contribution >= 4 is 49.4 Å². The molecule has 1 N–H and O–H groups in total. The zero-order valence-corrected chi connectivity index (χ0v) is 26.8. The molecule has 1 aliphatic heterocycles. The molecule has 3 atom stereocenters. The summed E-state index contributed by atoms with van der Waals surface area (Å²) in [5.41, 5.74) is 14.1. The maximum Gasteiger partial charge on any atom is 0.139 e. The first kappa shape index (κ1) is 28.0. The van der Waals surface area contributed by atoms with Crippen LogP contribution in [0.4, 0.5) is 5.69 Å². The van der Waals surface area contributed by atoms with Gasteiger partial charge in [0.05, 0.1) is 28.8 Å². The van der Waals surface area contributed by atoms with Crippen LogP contribution in [-0.4, -0.2) is 4.57 Å². The third-order valence-corrected chi connectivity index (χ3v) is 10.3. The number of hydrazine groups is 1. The Bertz CT molecular complexity index is 2550. The highest BCUT2D eigenvalue weighted by Gasteiger charge is 2.45. The topological polar surface area (TPSA) is 33.3 Å². The fourth-order valence-electron chi connectivity index (χ4n) is 8.19. The van der Waals surface area contributed by atoms with E-state index in [1.165, 1.54) is 38.5 Å². The van der Waals surface area contributed by atoms with Crippen LogP contribution in [0.25, 0.3) is 49.4 Å². The van der Waals surface area contributed by atoms with Gasteiger partial charge in [-0.05, 0) is 53.6 Å². The first-order valence-electron chi connectivity index (χ1n) is 17.0. The quantitative estimate of drug-likeness (QED) is 0.205. The van der Waals surface area contributed by atoms with Gasteiger partial charge in [0, 0.05) is 38.7 Å². The summed E-state index contributed by atoms with van der Waals surface area (Å²) in [6.45, 7) is 0. The van der Waals surface area contributed by atoms with Crippen molar-refractivity contribution in [3.8, 4) is 5.69 Å². The van der Waals surface area contributed by atoms with Crippen molar-refractivity contribution in [1.29, 1.82) is 0 Å². The number of nitrogens with one attached hydrogen (secondary N) is 1. The van der Waals surface area contributed by atoms with Crippen LogP contribution in [0, 0.1) is 0 Å². The molecule has 0 saturated carbocycles. The second-order valence-corrected chi connectivity index (χ2v) is 13.0. The van der Waals surface area contributed by atoms with E-state index in [1.807, 2.05) is 0 Å². The van der Waals surface area contributed by atoms with Crippen LogP contribution in [0.1, 0.15) is 34.7 Å². The average Bonchev–Trinajstić information content (AvgIpc) is 3.86. The molecular formula is C45H33N3O. The Morgan fingerprint density at radius 3 is 1.69 bits per heavy atom. The van der Waals surface area contributed by atoms with Gasteiger partial charge in [-0.2, -0.15) is 0 Å². The molecule has 9 aromatic rings. The molecule has 0 radical (unpaired) electrons. The van der Waals surface area contributed by atoms with Crippen molar-refractivity contribution in [3.05, 3.63) is 193 Å². The molecule has 0 aliphatic carbocycles. The van der Waals surface area contributed by atoms with Crippen LogP contribution < -0.4 is 10.4 Å². The normalized spacial score (nSPS) is 17.9. The number of fused-ring (bicyclic) bond motifs is 6. The maximum absolute atomic E-state index is 6.90. The van der Waals surface area contributed by atoms with Gasteiger partial charge in [0.25, 0.3) is 0 Å². The van der Waals surface area contributed by atoms with Crippen molar-refractivity contribution < 1.29 is 4.42 Å². The minimum Gasteiger partial charge on any atom is -0.456 e.